The van der Waals surface area contributed by atoms with Crippen molar-refractivity contribution in [3.63, 3.8) is 0 Å². The van der Waals surface area contributed by atoms with Crippen molar-refractivity contribution in [2.45, 2.75) is 32.0 Å². The van der Waals surface area contributed by atoms with Crippen LogP contribution in [0, 0.1) is 0 Å². The highest BCUT2D eigenvalue weighted by molar-refractivity contribution is 7.53. The fourth-order valence-electron chi connectivity index (χ4n) is 3.52. The summed E-state index contributed by atoms with van der Waals surface area (Å²) in [6.07, 6.45) is 0.0422. The van der Waals surface area contributed by atoms with Gasteiger partial charge in [-0.1, -0.05) is 18.2 Å². The quantitative estimate of drug-likeness (QED) is 0.337. The first-order valence-electron chi connectivity index (χ1n) is 10.5. The Morgan fingerprint density at radius 3 is 2.60 bits per heavy atom. The molecule has 0 radical (unpaired) electrons. The van der Waals surface area contributed by atoms with E-state index in [-0.39, 0.29) is 18.1 Å². The minimum absolute atomic E-state index is 0.204. The molecule has 0 unspecified atom stereocenters. The van der Waals surface area contributed by atoms with Gasteiger partial charge in [0, 0.05) is 33.1 Å². The van der Waals surface area contributed by atoms with Crippen LogP contribution in [0.1, 0.15) is 29.9 Å². The van der Waals surface area contributed by atoms with Crippen LogP contribution in [-0.4, -0.2) is 64.4 Å². The molecule has 35 heavy (non-hydrogen) atoms. The maximum absolute atomic E-state index is 12.6. The van der Waals surface area contributed by atoms with Crippen LogP contribution in [0.25, 0.3) is 11.2 Å². The zero-order valence-electron chi connectivity index (χ0n) is 19.2. The van der Waals surface area contributed by atoms with E-state index in [0.717, 1.165) is 0 Å². The molecule has 0 aliphatic carbocycles. The molecule has 4 rings (SSSR count). The summed E-state index contributed by atoms with van der Waals surface area (Å²) in [7, 11) is -1.01. The topological polar surface area (TPSA) is 153 Å². The standard InChI is InChI=1S/C21H24N5O8P/c1-13(27)33-15-9-16(34-21(15)32-12-35(29,30-2)31-3)26-11-24-17-18(22-10-23-19(17)26)25-20(28)14-7-5-4-6-8-14/h4-8,10-11,15-16,21H,9,12H2,1-3H3,(H,22,23,25,28)/t15-,16+,21-/m0/s1. The lowest BCUT2D eigenvalue weighted by atomic mass is 10.2. The fourth-order valence-corrected chi connectivity index (χ4v) is 4.21. The molecule has 1 saturated heterocycles. The summed E-state index contributed by atoms with van der Waals surface area (Å²) < 4.78 is 40.6. The van der Waals surface area contributed by atoms with E-state index >= 15 is 0 Å². The Labute approximate surface area is 200 Å². The number of aromatic nitrogens is 4. The van der Waals surface area contributed by atoms with Gasteiger partial charge in [0.2, 0.25) is 0 Å². The lowest BCUT2D eigenvalue weighted by Gasteiger charge is -2.21. The molecule has 13 nitrogen and oxygen atoms in total. The van der Waals surface area contributed by atoms with E-state index in [1.165, 1.54) is 33.8 Å². The van der Waals surface area contributed by atoms with Gasteiger partial charge in [-0.2, -0.15) is 0 Å². The van der Waals surface area contributed by atoms with Crippen molar-refractivity contribution in [2.75, 3.05) is 25.9 Å². The average molecular weight is 505 g/mol. The van der Waals surface area contributed by atoms with Crippen LogP contribution in [0.3, 0.4) is 0 Å². The number of hydrogen-bond acceptors (Lipinski definition) is 11. The normalized spacial score (nSPS) is 20.1. The van der Waals surface area contributed by atoms with Crippen LogP contribution >= 0.6 is 7.60 Å². The molecule has 1 aliphatic rings. The predicted molar refractivity (Wildman–Crippen MR) is 121 cm³/mol. The Bertz CT molecular complexity index is 1250. The van der Waals surface area contributed by atoms with Gasteiger partial charge >= 0.3 is 13.6 Å². The number of esters is 1. The van der Waals surface area contributed by atoms with E-state index in [1.807, 2.05) is 6.07 Å². The Morgan fingerprint density at radius 1 is 1.17 bits per heavy atom. The first-order chi connectivity index (χ1) is 16.8. The highest BCUT2D eigenvalue weighted by Gasteiger charge is 2.41. The molecule has 186 valence electrons. The third-order valence-electron chi connectivity index (χ3n) is 5.24. The first kappa shape index (κ1) is 24.9. The molecule has 3 aromatic rings. The minimum atomic E-state index is -3.48. The summed E-state index contributed by atoms with van der Waals surface area (Å²) in [5.41, 5.74) is 1.19. The van der Waals surface area contributed by atoms with Crippen molar-refractivity contribution in [3.8, 4) is 0 Å². The van der Waals surface area contributed by atoms with Gasteiger partial charge in [-0.05, 0) is 12.1 Å². The molecular weight excluding hydrogens is 481 g/mol. The summed E-state index contributed by atoms with van der Waals surface area (Å²) >= 11 is 0. The van der Waals surface area contributed by atoms with E-state index < -0.39 is 38.5 Å². The van der Waals surface area contributed by atoms with Gasteiger partial charge in [0.25, 0.3) is 5.91 Å². The van der Waals surface area contributed by atoms with Crippen molar-refractivity contribution >= 4 is 36.5 Å². The van der Waals surface area contributed by atoms with Gasteiger partial charge in [0.05, 0.1) is 6.33 Å². The van der Waals surface area contributed by atoms with Crippen LogP contribution in [-0.2, 0) is 32.6 Å². The van der Waals surface area contributed by atoms with E-state index in [2.05, 4.69) is 20.3 Å². The number of carbonyl (C=O) groups excluding carboxylic acids is 2. The van der Waals surface area contributed by atoms with E-state index in [1.54, 1.807) is 28.8 Å². The zero-order chi connectivity index (χ0) is 25.0. The van der Waals surface area contributed by atoms with Crippen LogP contribution in [0.5, 0.6) is 0 Å². The molecule has 3 heterocycles. The fraction of sp³-hybridized carbons (Fsp3) is 0.381. The smallest absolute Gasteiger partial charge is 0.355 e. The number of benzene rings is 1. The summed E-state index contributed by atoms with van der Waals surface area (Å²) in [4.78, 5) is 36.9. The van der Waals surface area contributed by atoms with Crippen LogP contribution < -0.4 is 5.32 Å². The summed E-state index contributed by atoms with van der Waals surface area (Å²) in [6.45, 7) is 1.27. The van der Waals surface area contributed by atoms with Crippen molar-refractivity contribution in [3.05, 3.63) is 48.5 Å². The Hall–Kier alpha value is -3.22. The molecule has 1 fully saturated rings. The Morgan fingerprint density at radius 2 is 1.91 bits per heavy atom. The largest absolute Gasteiger partial charge is 0.457 e. The molecule has 0 bridgehead atoms. The first-order valence-corrected chi connectivity index (χ1v) is 12.2. The van der Waals surface area contributed by atoms with E-state index in [4.69, 9.17) is 23.3 Å². The molecule has 2 aromatic heterocycles. The number of rotatable bonds is 9. The number of nitrogens with zero attached hydrogens (tertiary/aromatic N) is 4. The van der Waals surface area contributed by atoms with Crippen molar-refractivity contribution in [2.24, 2.45) is 0 Å². The predicted octanol–water partition coefficient (Wildman–Crippen LogP) is 2.72. The van der Waals surface area contributed by atoms with Crippen molar-refractivity contribution < 1.29 is 37.4 Å². The monoisotopic (exact) mass is 505 g/mol. The third kappa shape index (κ3) is 5.55. The van der Waals surface area contributed by atoms with Crippen molar-refractivity contribution in [1.29, 1.82) is 0 Å². The Kier molecular flexibility index (Phi) is 7.53. The molecule has 0 saturated carbocycles. The number of imidazole rings is 1. The number of anilines is 1. The lowest BCUT2D eigenvalue weighted by molar-refractivity contribution is -0.185. The van der Waals surface area contributed by atoms with Gasteiger partial charge in [-0.25, -0.2) is 15.0 Å². The SMILES string of the molecule is COP(=O)(CO[C@H]1O[C@@H](n2cnc3c(NC(=O)c4ccccc4)ncnc32)C[C@@H]1OC(C)=O)OC. The second kappa shape index (κ2) is 10.6. The summed E-state index contributed by atoms with van der Waals surface area (Å²) in [5, 5.41) is 2.74. The molecular formula is C21H24N5O8P. The number of nitrogens with one attached hydrogen (secondary N) is 1. The van der Waals surface area contributed by atoms with Crippen LogP contribution in [0.15, 0.2) is 43.0 Å². The molecule has 0 spiro atoms. The molecule has 3 atom stereocenters. The van der Waals surface area contributed by atoms with Gasteiger partial charge in [-0.3, -0.25) is 18.7 Å². The third-order valence-corrected chi connectivity index (χ3v) is 6.81. The molecule has 1 aliphatic heterocycles. The number of amides is 1. The van der Waals surface area contributed by atoms with Crippen LogP contribution in [0.2, 0.25) is 0 Å². The molecule has 1 amide bonds. The molecule has 14 heteroatoms. The van der Waals surface area contributed by atoms with Crippen molar-refractivity contribution in [1.82, 2.24) is 19.5 Å². The maximum atomic E-state index is 12.6. The number of carbonyl (C=O) groups is 2. The van der Waals surface area contributed by atoms with E-state index in [0.29, 0.717) is 16.7 Å². The highest BCUT2D eigenvalue weighted by Crippen LogP contribution is 2.47. The second-order valence-electron chi connectivity index (χ2n) is 7.48. The average Bonchev–Trinajstić information content (AvgIpc) is 3.47. The van der Waals surface area contributed by atoms with Gasteiger partial charge in [0.15, 0.2) is 35.7 Å². The molecule has 1 aromatic carbocycles. The zero-order valence-corrected chi connectivity index (χ0v) is 20.1. The summed E-state index contributed by atoms with van der Waals surface area (Å²) in [6, 6.07) is 8.69. The number of hydrogen-bond donors (Lipinski definition) is 1. The maximum Gasteiger partial charge on any atom is 0.355 e. The lowest BCUT2D eigenvalue weighted by Crippen LogP contribution is -2.29. The van der Waals surface area contributed by atoms with Gasteiger partial charge in [-0.15, -0.1) is 0 Å². The van der Waals surface area contributed by atoms with Gasteiger partial charge in [0.1, 0.15) is 12.6 Å². The summed E-state index contributed by atoms with van der Waals surface area (Å²) in [5.74, 6) is -0.648. The van der Waals surface area contributed by atoms with Gasteiger partial charge < -0.3 is 28.6 Å². The van der Waals surface area contributed by atoms with E-state index in [9.17, 15) is 14.2 Å². The molecule has 1 N–H and O–H groups in total. The second-order valence-corrected chi connectivity index (χ2v) is 9.69. The Balaban J connectivity index is 1.55. The number of ether oxygens (including phenoxy) is 3. The minimum Gasteiger partial charge on any atom is -0.457 e. The number of fused-ring (bicyclic) bond motifs is 1. The highest BCUT2D eigenvalue weighted by atomic mass is 31.2. The van der Waals surface area contributed by atoms with Crippen LogP contribution in [0.4, 0.5) is 5.82 Å².